The Morgan fingerprint density at radius 2 is 1.88 bits per heavy atom. The van der Waals surface area contributed by atoms with Crippen LogP contribution in [0.1, 0.15) is 31.9 Å². The first kappa shape index (κ1) is 13.9. The zero-order chi connectivity index (χ0) is 13.1. The van der Waals surface area contributed by atoms with Crippen LogP contribution < -0.4 is 0 Å². The molecule has 0 fully saturated rings. The molecule has 0 aromatic carbocycles. The van der Waals surface area contributed by atoms with Crippen LogP contribution in [0.25, 0.3) is 0 Å². The number of hydrogen-bond acceptors (Lipinski definition) is 2. The Morgan fingerprint density at radius 3 is 2.29 bits per heavy atom. The summed E-state index contributed by atoms with van der Waals surface area (Å²) in [6.07, 6.45) is -4.95. The van der Waals surface area contributed by atoms with Crippen molar-refractivity contribution in [3.63, 3.8) is 0 Å². The predicted molar refractivity (Wildman–Crippen MR) is 53.7 cm³/mol. The van der Waals surface area contributed by atoms with Crippen LogP contribution in [-0.4, -0.2) is 16.3 Å². The van der Waals surface area contributed by atoms with Gasteiger partial charge in [-0.15, -0.1) is 0 Å². The van der Waals surface area contributed by atoms with E-state index >= 15 is 0 Å². The fourth-order valence-corrected chi connectivity index (χ4v) is 1.49. The number of alkyl halides is 3. The highest BCUT2D eigenvalue weighted by Crippen LogP contribution is 2.33. The summed E-state index contributed by atoms with van der Waals surface area (Å²) >= 11 is 0. The lowest BCUT2D eigenvalue weighted by atomic mass is 9.90. The second-order valence-electron chi connectivity index (χ2n) is 3.86. The fraction of sp³-hybridized carbons (Fsp3) is 0.545. The van der Waals surface area contributed by atoms with E-state index in [1.54, 1.807) is 6.92 Å². The van der Waals surface area contributed by atoms with Crippen molar-refractivity contribution in [2.24, 2.45) is 0 Å². The maximum absolute atomic E-state index is 12.6. The fourth-order valence-electron chi connectivity index (χ4n) is 1.49. The molecule has 0 saturated carbocycles. The maximum atomic E-state index is 12.6. The second-order valence-corrected chi connectivity index (χ2v) is 3.86. The van der Waals surface area contributed by atoms with Gasteiger partial charge in [0, 0.05) is 6.42 Å². The lowest BCUT2D eigenvalue weighted by Crippen LogP contribution is -2.28. The lowest BCUT2D eigenvalue weighted by Gasteiger charge is -2.26. The summed E-state index contributed by atoms with van der Waals surface area (Å²) in [5, 5.41) is 10.1. The third-order valence-corrected chi connectivity index (χ3v) is 2.61. The normalized spacial score (nSPS) is 15.6. The summed E-state index contributed by atoms with van der Waals surface area (Å²) in [4.78, 5) is 3.63. The van der Waals surface area contributed by atoms with Gasteiger partial charge < -0.3 is 5.11 Å². The van der Waals surface area contributed by atoms with Crippen LogP contribution in [0.15, 0.2) is 18.3 Å². The molecule has 17 heavy (non-hydrogen) atoms. The van der Waals surface area contributed by atoms with E-state index in [0.29, 0.717) is 0 Å². The molecule has 1 aromatic rings. The van der Waals surface area contributed by atoms with Gasteiger partial charge in [-0.2, -0.15) is 13.2 Å². The Kier molecular flexibility index (Phi) is 4.08. The first-order valence-corrected chi connectivity index (χ1v) is 5.18. The van der Waals surface area contributed by atoms with Crippen molar-refractivity contribution in [3.05, 3.63) is 29.8 Å². The van der Waals surface area contributed by atoms with Gasteiger partial charge in [0.2, 0.25) is 0 Å². The summed E-state index contributed by atoms with van der Waals surface area (Å²) in [6.45, 7) is 1.56. The van der Waals surface area contributed by atoms with Gasteiger partial charge >= 0.3 is 6.18 Å². The summed E-state index contributed by atoms with van der Waals surface area (Å²) in [5.74, 6) is -0.594. The second kappa shape index (κ2) is 5.00. The predicted octanol–water partition coefficient (Wildman–Crippen LogP) is 3.16. The van der Waals surface area contributed by atoms with Crippen molar-refractivity contribution in [2.75, 3.05) is 0 Å². The van der Waals surface area contributed by atoms with Gasteiger partial charge in [0.1, 0.15) is 11.4 Å². The van der Waals surface area contributed by atoms with Crippen LogP contribution in [0.4, 0.5) is 17.6 Å². The van der Waals surface area contributed by atoms with E-state index in [1.807, 2.05) is 0 Å². The molecule has 0 aliphatic carbocycles. The highest BCUT2D eigenvalue weighted by atomic mass is 19.4. The molecule has 0 radical (unpaired) electrons. The van der Waals surface area contributed by atoms with Gasteiger partial charge in [-0.3, -0.25) is 4.98 Å². The number of nitrogens with zero attached hydrogens (tertiary/aromatic N) is 1. The molecule has 1 aromatic heterocycles. The van der Waals surface area contributed by atoms with E-state index in [9.17, 15) is 22.7 Å². The quantitative estimate of drug-likeness (QED) is 0.834. The minimum Gasteiger partial charge on any atom is -0.384 e. The van der Waals surface area contributed by atoms with E-state index in [4.69, 9.17) is 0 Å². The number of aromatic nitrogens is 1. The average Bonchev–Trinajstić information content (AvgIpc) is 2.26. The number of aliphatic hydroxyl groups is 1. The molecule has 1 N–H and O–H groups in total. The van der Waals surface area contributed by atoms with E-state index < -0.39 is 30.4 Å². The Bertz CT molecular complexity index is 363. The molecule has 1 heterocycles. The van der Waals surface area contributed by atoms with Gasteiger partial charge in [-0.1, -0.05) is 6.92 Å². The standard InChI is InChI=1S/C11H13F4NO/c1-2-10(17,5-6-11(13,14)15)9-4-3-8(12)7-16-9/h3-4,7,17H,2,5-6H2,1H3. The Morgan fingerprint density at radius 1 is 1.24 bits per heavy atom. The van der Waals surface area contributed by atoms with Gasteiger partial charge in [0.15, 0.2) is 0 Å². The van der Waals surface area contributed by atoms with Crippen LogP contribution in [0.3, 0.4) is 0 Å². The van der Waals surface area contributed by atoms with Crippen molar-refractivity contribution in [2.45, 2.75) is 38.0 Å². The molecule has 0 bridgehead atoms. The average molecular weight is 251 g/mol. The molecule has 0 saturated heterocycles. The van der Waals surface area contributed by atoms with Gasteiger partial charge in [0.05, 0.1) is 11.9 Å². The number of rotatable bonds is 4. The molecule has 1 unspecified atom stereocenters. The minimum absolute atomic E-state index is 0.0608. The van der Waals surface area contributed by atoms with Crippen molar-refractivity contribution in [3.8, 4) is 0 Å². The van der Waals surface area contributed by atoms with Crippen LogP contribution in [0, 0.1) is 5.82 Å². The summed E-state index contributed by atoms with van der Waals surface area (Å²) in [5.41, 5.74) is -1.60. The minimum atomic E-state index is -4.33. The molecule has 96 valence electrons. The highest BCUT2D eigenvalue weighted by molar-refractivity contribution is 5.13. The molecular formula is C11H13F4NO. The number of halogens is 4. The smallest absolute Gasteiger partial charge is 0.384 e. The van der Waals surface area contributed by atoms with Crippen molar-refractivity contribution in [1.29, 1.82) is 0 Å². The summed E-state index contributed by atoms with van der Waals surface area (Å²) in [7, 11) is 0. The maximum Gasteiger partial charge on any atom is 0.389 e. The van der Waals surface area contributed by atoms with Crippen molar-refractivity contribution in [1.82, 2.24) is 4.98 Å². The monoisotopic (exact) mass is 251 g/mol. The van der Waals surface area contributed by atoms with Crippen LogP contribution in [0.5, 0.6) is 0 Å². The molecule has 0 aliphatic heterocycles. The van der Waals surface area contributed by atoms with E-state index in [-0.39, 0.29) is 12.1 Å². The van der Waals surface area contributed by atoms with Crippen LogP contribution in [-0.2, 0) is 5.60 Å². The summed E-state index contributed by atoms with van der Waals surface area (Å²) < 4.78 is 49.0. The van der Waals surface area contributed by atoms with E-state index in [0.717, 1.165) is 12.3 Å². The number of pyridine rings is 1. The Hall–Kier alpha value is -1.17. The molecule has 1 atom stereocenters. The molecule has 2 nitrogen and oxygen atoms in total. The molecule has 0 amide bonds. The van der Waals surface area contributed by atoms with E-state index in [2.05, 4.69) is 4.98 Å². The van der Waals surface area contributed by atoms with Gasteiger partial charge in [-0.05, 0) is 25.0 Å². The molecule has 0 aliphatic rings. The molecule has 6 heteroatoms. The highest BCUT2D eigenvalue weighted by Gasteiger charge is 2.35. The van der Waals surface area contributed by atoms with Crippen LogP contribution >= 0.6 is 0 Å². The first-order valence-electron chi connectivity index (χ1n) is 5.18. The van der Waals surface area contributed by atoms with Gasteiger partial charge in [0.25, 0.3) is 0 Å². The largest absolute Gasteiger partial charge is 0.389 e. The topological polar surface area (TPSA) is 33.1 Å². The lowest BCUT2D eigenvalue weighted by molar-refractivity contribution is -0.148. The summed E-state index contributed by atoms with van der Waals surface area (Å²) in [6, 6.07) is 2.27. The zero-order valence-electron chi connectivity index (χ0n) is 9.26. The third kappa shape index (κ3) is 3.96. The van der Waals surface area contributed by atoms with Crippen molar-refractivity contribution >= 4 is 0 Å². The molecule has 1 rings (SSSR count). The van der Waals surface area contributed by atoms with Gasteiger partial charge in [-0.25, -0.2) is 4.39 Å². The van der Waals surface area contributed by atoms with Crippen molar-refractivity contribution < 1.29 is 22.7 Å². The zero-order valence-corrected chi connectivity index (χ0v) is 9.26. The van der Waals surface area contributed by atoms with E-state index in [1.165, 1.54) is 6.07 Å². The Balaban J connectivity index is 2.84. The SMILES string of the molecule is CCC(O)(CCC(F)(F)F)c1ccc(F)cn1. The molecular weight excluding hydrogens is 238 g/mol. The number of hydrogen-bond donors (Lipinski definition) is 1. The van der Waals surface area contributed by atoms with Crippen LogP contribution in [0.2, 0.25) is 0 Å². The third-order valence-electron chi connectivity index (χ3n) is 2.61. The first-order chi connectivity index (χ1) is 7.77. The molecule has 0 spiro atoms. The Labute approximate surface area is 96.3 Å².